The van der Waals surface area contributed by atoms with E-state index in [4.69, 9.17) is 4.74 Å². The number of aryl methyl sites for hydroxylation is 2. The number of aromatic nitrogens is 1. The maximum Gasteiger partial charge on any atom is 0.319 e. The highest BCUT2D eigenvalue weighted by atomic mass is 16.5. The molecule has 1 atom stereocenters. The zero-order chi connectivity index (χ0) is 15.6. The van der Waals surface area contributed by atoms with E-state index in [0.717, 1.165) is 29.8 Å². The molecule has 1 aromatic carbocycles. The molecule has 0 fully saturated rings. The van der Waals surface area contributed by atoms with Crippen molar-refractivity contribution in [3.8, 4) is 5.75 Å². The van der Waals surface area contributed by atoms with Crippen molar-refractivity contribution in [3.05, 3.63) is 53.3 Å². The van der Waals surface area contributed by atoms with Crippen LogP contribution in [-0.4, -0.2) is 17.6 Å². The zero-order valence-electron chi connectivity index (χ0n) is 12.8. The molecule has 0 radical (unpaired) electrons. The lowest BCUT2D eigenvalue weighted by molar-refractivity contribution is 0.243. The van der Waals surface area contributed by atoms with Crippen molar-refractivity contribution < 1.29 is 9.53 Å². The van der Waals surface area contributed by atoms with Crippen molar-refractivity contribution in [1.82, 2.24) is 10.3 Å². The summed E-state index contributed by atoms with van der Waals surface area (Å²) < 4.78 is 5.58. The van der Waals surface area contributed by atoms with Gasteiger partial charge in [0.15, 0.2) is 0 Å². The van der Waals surface area contributed by atoms with Crippen LogP contribution in [0.3, 0.4) is 0 Å². The number of amides is 2. The third kappa shape index (κ3) is 2.86. The van der Waals surface area contributed by atoms with Gasteiger partial charge < -0.3 is 15.4 Å². The fraction of sp³-hybridized carbons (Fsp3) is 0.333. The largest absolute Gasteiger partial charge is 0.491 e. The highest BCUT2D eigenvalue weighted by molar-refractivity contribution is 5.89. The van der Waals surface area contributed by atoms with Gasteiger partial charge in [-0.3, -0.25) is 4.98 Å². The average Bonchev–Trinajstić information content (AvgIpc) is 2.98. The molecule has 2 N–H and O–H groups in total. The summed E-state index contributed by atoms with van der Waals surface area (Å²) in [5, 5.41) is 5.84. The lowest BCUT2D eigenvalue weighted by Gasteiger charge is -2.17. The molecule has 0 saturated heterocycles. The van der Waals surface area contributed by atoms with Gasteiger partial charge in [-0.25, -0.2) is 4.79 Å². The number of pyridine rings is 1. The SMILES string of the molecule is O=C(Nc1cnc2c(c1)CCCC2)NC1COc2ccccc21. The summed E-state index contributed by atoms with van der Waals surface area (Å²) in [5.74, 6) is 0.841. The Morgan fingerprint density at radius 1 is 1.22 bits per heavy atom. The summed E-state index contributed by atoms with van der Waals surface area (Å²) in [7, 11) is 0. The molecule has 1 aromatic heterocycles. The van der Waals surface area contributed by atoms with Gasteiger partial charge >= 0.3 is 6.03 Å². The van der Waals surface area contributed by atoms with Gasteiger partial charge in [-0.15, -0.1) is 0 Å². The number of hydrogen-bond donors (Lipinski definition) is 2. The topological polar surface area (TPSA) is 63.2 Å². The van der Waals surface area contributed by atoms with E-state index in [1.807, 2.05) is 30.3 Å². The maximum absolute atomic E-state index is 12.2. The maximum atomic E-state index is 12.2. The number of carbonyl (C=O) groups is 1. The molecule has 4 rings (SSSR count). The van der Waals surface area contributed by atoms with Crippen molar-refractivity contribution >= 4 is 11.7 Å². The molecule has 1 unspecified atom stereocenters. The van der Waals surface area contributed by atoms with Gasteiger partial charge in [0, 0.05) is 11.3 Å². The van der Waals surface area contributed by atoms with Gasteiger partial charge in [-0.2, -0.15) is 0 Å². The number of anilines is 1. The van der Waals surface area contributed by atoms with E-state index in [2.05, 4.69) is 15.6 Å². The average molecular weight is 309 g/mol. The molecule has 2 aliphatic rings. The van der Waals surface area contributed by atoms with Gasteiger partial charge in [-0.05, 0) is 43.4 Å². The molecule has 5 heteroatoms. The minimum Gasteiger partial charge on any atom is -0.491 e. The molecule has 23 heavy (non-hydrogen) atoms. The fourth-order valence-corrected chi connectivity index (χ4v) is 3.26. The Balaban J connectivity index is 1.43. The molecule has 0 spiro atoms. The summed E-state index contributed by atoms with van der Waals surface area (Å²) in [6.07, 6.45) is 6.22. The minimum absolute atomic E-state index is 0.114. The Kier molecular flexibility index (Phi) is 3.61. The number of ether oxygens (including phenoxy) is 1. The van der Waals surface area contributed by atoms with Crippen molar-refractivity contribution in [2.24, 2.45) is 0 Å². The number of carbonyl (C=O) groups excluding carboxylic acids is 1. The van der Waals surface area contributed by atoms with Gasteiger partial charge in [0.05, 0.1) is 17.9 Å². The van der Waals surface area contributed by atoms with Crippen LogP contribution in [0.25, 0.3) is 0 Å². The number of fused-ring (bicyclic) bond motifs is 2. The van der Waals surface area contributed by atoms with Crippen LogP contribution < -0.4 is 15.4 Å². The van der Waals surface area contributed by atoms with Crippen LogP contribution in [-0.2, 0) is 12.8 Å². The molecular weight excluding hydrogens is 290 g/mol. The summed E-state index contributed by atoms with van der Waals surface area (Å²) >= 11 is 0. The molecule has 2 heterocycles. The van der Waals surface area contributed by atoms with Crippen LogP contribution in [0.2, 0.25) is 0 Å². The summed E-state index contributed by atoms with van der Waals surface area (Å²) in [6, 6.07) is 9.48. The first kappa shape index (κ1) is 14.1. The van der Waals surface area contributed by atoms with Gasteiger partial charge in [0.1, 0.15) is 12.4 Å². The first-order chi connectivity index (χ1) is 11.3. The Bertz CT molecular complexity index is 745. The van der Waals surface area contributed by atoms with E-state index in [1.54, 1.807) is 6.20 Å². The van der Waals surface area contributed by atoms with Crippen LogP contribution >= 0.6 is 0 Å². The van der Waals surface area contributed by atoms with Crippen LogP contribution in [0, 0.1) is 0 Å². The molecule has 5 nitrogen and oxygen atoms in total. The molecule has 0 saturated carbocycles. The number of benzene rings is 1. The summed E-state index contributed by atoms with van der Waals surface area (Å²) in [5.41, 5.74) is 4.19. The van der Waals surface area contributed by atoms with E-state index in [-0.39, 0.29) is 12.1 Å². The monoisotopic (exact) mass is 309 g/mol. The van der Waals surface area contributed by atoms with Crippen LogP contribution in [0.15, 0.2) is 36.5 Å². The number of hydrogen-bond acceptors (Lipinski definition) is 3. The lowest BCUT2D eigenvalue weighted by Crippen LogP contribution is -2.33. The lowest BCUT2D eigenvalue weighted by atomic mass is 9.96. The number of nitrogens with one attached hydrogen (secondary N) is 2. The normalized spacial score (nSPS) is 18.5. The summed E-state index contributed by atoms with van der Waals surface area (Å²) in [4.78, 5) is 16.7. The van der Waals surface area contributed by atoms with E-state index in [1.165, 1.54) is 24.1 Å². The number of urea groups is 1. The molecular formula is C18H19N3O2. The highest BCUT2D eigenvalue weighted by Crippen LogP contribution is 2.31. The van der Waals surface area contributed by atoms with Gasteiger partial charge in [-0.1, -0.05) is 18.2 Å². The Morgan fingerprint density at radius 3 is 3.04 bits per heavy atom. The summed E-state index contributed by atoms with van der Waals surface area (Å²) in [6.45, 7) is 0.467. The number of rotatable bonds is 2. The molecule has 1 aliphatic heterocycles. The van der Waals surface area contributed by atoms with E-state index in [9.17, 15) is 4.79 Å². The van der Waals surface area contributed by atoms with Crippen molar-refractivity contribution in [3.63, 3.8) is 0 Å². The Hall–Kier alpha value is -2.56. The Morgan fingerprint density at radius 2 is 2.09 bits per heavy atom. The minimum atomic E-state index is -0.229. The van der Waals surface area contributed by atoms with Crippen molar-refractivity contribution in [2.45, 2.75) is 31.7 Å². The van der Waals surface area contributed by atoms with Gasteiger partial charge in [0.25, 0.3) is 0 Å². The second-order valence-corrected chi connectivity index (χ2v) is 6.04. The van der Waals surface area contributed by atoms with Crippen molar-refractivity contribution in [2.75, 3.05) is 11.9 Å². The van der Waals surface area contributed by atoms with Crippen LogP contribution in [0.4, 0.5) is 10.5 Å². The predicted octanol–water partition coefficient (Wildman–Crippen LogP) is 3.22. The molecule has 0 bridgehead atoms. The molecule has 118 valence electrons. The third-order valence-corrected chi connectivity index (χ3v) is 4.43. The molecule has 1 aliphatic carbocycles. The van der Waals surface area contributed by atoms with E-state index < -0.39 is 0 Å². The second kappa shape index (κ2) is 5.91. The molecule has 2 amide bonds. The highest BCUT2D eigenvalue weighted by Gasteiger charge is 2.25. The first-order valence-corrected chi connectivity index (χ1v) is 8.06. The van der Waals surface area contributed by atoms with Crippen LogP contribution in [0.1, 0.15) is 35.7 Å². The second-order valence-electron chi connectivity index (χ2n) is 6.04. The number of nitrogens with zero attached hydrogens (tertiary/aromatic N) is 1. The van der Waals surface area contributed by atoms with E-state index in [0.29, 0.717) is 6.61 Å². The van der Waals surface area contributed by atoms with Crippen molar-refractivity contribution in [1.29, 1.82) is 0 Å². The first-order valence-electron chi connectivity index (χ1n) is 8.06. The van der Waals surface area contributed by atoms with Gasteiger partial charge in [0.2, 0.25) is 0 Å². The quantitative estimate of drug-likeness (QED) is 0.895. The fourth-order valence-electron chi connectivity index (χ4n) is 3.26. The third-order valence-electron chi connectivity index (χ3n) is 4.43. The van der Waals surface area contributed by atoms with Crippen LogP contribution in [0.5, 0.6) is 5.75 Å². The standard InChI is InChI=1S/C18H19N3O2/c22-18(21-16-11-23-17-8-4-2-6-14(16)17)20-13-9-12-5-1-3-7-15(12)19-10-13/h2,4,6,8-10,16H,1,3,5,7,11H2,(H2,20,21,22). The smallest absolute Gasteiger partial charge is 0.319 e. The number of para-hydroxylation sites is 1. The Labute approximate surface area is 135 Å². The predicted molar refractivity (Wildman–Crippen MR) is 87.7 cm³/mol. The molecule has 2 aromatic rings. The zero-order valence-corrected chi connectivity index (χ0v) is 12.8. The van der Waals surface area contributed by atoms with E-state index >= 15 is 0 Å².